The Morgan fingerprint density at radius 2 is 2.25 bits per heavy atom. The van der Waals surface area contributed by atoms with Crippen molar-refractivity contribution in [1.82, 2.24) is 14.3 Å². The van der Waals surface area contributed by atoms with Gasteiger partial charge >= 0.3 is 0 Å². The molecule has 0 radical (unpaired) electrons. The molecule has 5 nitrogen and oxygen atoms in total. The van der Waals surface area contributed by atoms with Crippen molar-refractivity contribution >= 4 is 34.2 Å². The van der Waals surface area contributed by atoms with Gasteiger partial charge in [0.1, 0.15) is 0 Å². The Hall–Kier alpha value is -0.370. The average Bonchev–Trinajstić information content (AvgIpc) is 2.39. The summed E-state index contributed by atoms with van der Waals surface area (Å²) < 4.78 is 28.5. The van der Waals surface area contributed by atoms with Crippen LogP contribution in [0.25, 0.3) is 0 Å². The van der Waals surface area contributed by atoms with Gasteiger partial charge in [-0.1, -0.05) is 30.7 Å². The zero-order chi connectivity index (χ0) is 13.9. The summed E-state index contributed by atoms with van der Waals surface area (Å²) in [6, 6.07) is 7.11. The van der Waals surface area contributed by atoms with Crippen molar-refractivity contribution in [3.8, 4) is 0 Å². The second kappa shape index (κ2) is 7.59. The molecule has 1 aliphatic rings. The standard InChI is InChI=1S/C12H18ClN3O2S.ClH/c1-2-15-19(17,18)16-7-6-14-9-12(16)10-4-3-5-11(13)8-10;/h3-5,8,12,14-15H,2,6-7,9H2,1H3;1H. The molecule has 2 N–H and O–H groups in total. The van der Waals surface area contributed by atoms with Crippen molar-refractivity contribution in [3.63, 3.8) is 0 Å². The summed E-state index contributed by atoms with van der Waals surface area (Å²) in [5.41, 5.74) is 0.904. The molecular formula is C12H19Cl2N3O2S. The molecule has 1 saturated heterocycles. The summed E-state index contributed by atoms with van der Waals surface area (Å²) in [7, 11) is -3.44. The lowest BCUT2D eigenvalue weighted by Gasteiger charge is -2.35. The van der Waals surface area contributed by atoms with Gasteiger partial charge in [0, 0.05) is 31.2 Å². The van der Waals surface area contributed by atoms with Gasteiger partial charge in [-0.2, -0.15) is 12.7 Å². The Morgan fingerprint density at radius 1 is 1.50 bits per heavy atom. The molecule has 1 aromatic carbocycles. The lowest BCUT2D eigenvalue weighted by Crippen LogP contribution is -2.52. The van der Waals surface area contributed by atoms with Crippen LogP contribution in [-0.2, 0) is 10.2 Å². The Morgan fingerprint density at radius 3 is 2.90 bits per heavy atom. The first-order chi connectivity index (χ1) is 9.04. The normalized spacial score (nSPS) is 20.4. The number of benzene rings is 1. The van der Waals surface area contributed by atoms with Gasteiger partial charge in [0.25, 0.3) is 10.2 Å². The van der Waals surface area contributed by atoms with Gasteiger partial charge in [-0.3, -0.25) is 0 Å². The summed E-state index contributed by atoms with van der Waals surface area (Å²) >= 11 is 5.98. The highest BCUT2D eigenvalue weighted by Crippen LogP contribution is 2.26. The van der Waals surface area contributed by atoms with E-state index < -0.39 is 10.2 Å². The van der Waals surface area contributed by atoms with Crippen LogP contribution in [0.5, 0.6) is 0 Å². The van der Waals surface area contributed by atoms with E-state index in [1.807, 2.05) is 18.2 Å². The molecule has 20 heavy (non-hydrogen) atoms. The monoisotopic (exact) mass is 339 g/mol. The number of nitrogens with one attached hydrogen (secondary N) is 2. The highest BCUT2D eigenvalue weighted by Gasteiger charge is 2.32. The minimum Gasteiger partial charge on any atom is -0.313 e. The Balaban J connectivity index is 0.00000200. The van der Waals surface area contributed by atoms with Crippen LogP contribution in [0, 0.1) is 0 Å². The van der Waals surface area contributed by atoms with Gasteiger partial charge < -0.3 is 5.32 Å². The maximum atomic E-state index is 12.2. The van der Waals surface area contributed by atoms with E-state index in [2.05, 4.69) is 10.0 Å². The van der Waals surface area contributed by atoms with Crippen LogP contribution in [0.15, 0.2) is 24.3 Å². The van der Waals surface area contributed by atoms with E-state index in [1.54, 1.807) is 13.0 Å². The van der Waals surface area contributed by atoms with Gasteiger partial charge in [0.2, 0.25) is 0 Å². The second-order valence-electron chi connectivity index (χ2n) is 4.39. The smallest absolute Gasteiger partial charge is 0.280 e. The summed E-state index contributed by atoms with van der Waals surface area (Å²) in [5, 5.41) is 3.83. The minimum atomic E-state index is -3.44. The Kier molecular flexibility index (Phi) is 6.71. The van der Waals surface area contributed by atoms with Crippen LogP contribution in [-0.4, -0.2) is 38.9 Å². The van der Waals surface area contributed by atoms with Crippen molar-refractivity contribution in [2.75, 3.05) is 26.2 Å². The van der Waals surface area contributed by atoms with E-state index in [0.29, 0.717) is 31.2 Å². The molecule has 1 atom stereocenters. The number of rotatable bonds is 4. The molecule has 1 aliphatic heterocycles. The quantitative estimate of drug-likeness (QED) is 0.875. The maximum absolute atomic E-state index is 12.2. The lowest BCUT2D eigenvalue weighted by molar-refractivity contribution is 0.268. The fourth-order valence-corrected chi connectivity index (χ4v) is 3.83. The first kappa shape index (κ1) is 17.7. The zero-order valence-electron chi connectivity index (χ0n) is 11.2. The third-order valence-corrected chi connectivity index (χ3v) is 5.01. The number of nitrogens with zero attached hydrogens (tertiary/aromatic N) is 1. The third kappa shape index (κ3) is 4.07. The SMILES string of the molecule is CCNS(=O)(=O)N1CCNCC1c1cccc(Cl)c1.Cl. The molecule has 8 heteroatoms. The van der Waals surface area contributed by atoms with E-state index in [1.165, 1.54) is 4.31 Å². The molecule has 0 aromatic heterocycles. The van der Waals surface area contributed by atoms with Gasteiger partial charge in [0.15, 0.2) is 0 Å². The van der Waals surface area contributed by atoms with Crippen LogP contribution in [0.2, 0.25) is 5.02 Å². The number of hydrogen-bond acceptors (Lipinski definition) is 3. The Bertz CT molecular complexity index is 539. The molecular weight excluding hydrogens is 321 g/mol. The van der Waals surface area contributed by atoms with E-state index in [0.717, 1.165) is 5.56 Å². The van der Waals surface area contributed by atoms with Crippen LogP contribution < -0.4 is 10.0 Å². The fraction of sp³-hybridized carbons (Fsp3) is 0.500. The van der Waals surface area contributed by atoms with Crippen molar-refractivity contribution in [2.45, 2.75) is 13.0 Å². The lowest BCUT2D eigenvalue weighted by atomic mass is 10.1. The molecule has 0 bridgehead atoms. The largest absolute Gasteiger partial charge is 0.313 e. The van der Waals surface area contributed by atoms with E-state index in [9.17, 15) is 8.42 Å². The van der Waals surface area contributed by atoms with Gasteiger partial charge in [-0.05, 0) is 17.7 Å². The van der Waals surface area contributed by atoms with Crippen LogP contribution in [0.3, 0.4) is 0 Å². The van der Waals surface area contributed by atoms with Crippen LogP contribution in [0.1, 0.15) is 18.5 Å². The first-order valence-corrected chi connectivity index (χ1v) is 8.09. The molecule has 114 valence electrons. The first-order valence-electron chi connectivity index (χ1n) is 6.27. The van der Waals surface area contributed by atoms with Crippen molar-refractivity contribution in [2.24, 2.45) is 0 Å². The molecule has 0 spiro atoms. The molecule has 0 aliphatic carbocycles. The minimum absolute atomic E-state index is 0. The van der Waals surface area contributed by atoms with Gasteiger partial charge in [-0.15, -0.1) is 12.4 Å². The van der Waals surface area contributed by atoms with E-state index in [4.69, 9.17) is 11.6 Å². The van der Waals surface area contributed by atoms with Crippen molar-refractivity contribution in [1.29, 1.82) is 0 Å². The molecule has 0 amide bonds. The topological polar surface area (TPSA) is 61.4 Å². The summed E-state index contributed by atoms with van der Waals surface area (Å²) in [6.45, 7) is 3.85. The molecule has 1 unspecified atom stereocenters. The predicted octanol–water partition coefficient (Wildman–Crippen LogP) is 1.56. The molecule has 1 aromatic rings. The third-order valence-electron chi connectivity index (χ3n) is 3.06. The highest BCUT2D eigenvalue weighted by molar-refractivity contribution is 7.87. The van der Waals surface area contributed by atoms with Gasteiger partial charge in [-0.25, -0.2) is 4.72 Å². The van der Waals surface area contributed by atoms with Crippen LogP contribution in [0.4, 0.5) is 0 Å². The van der Waals surface area contributed by atoms with Crippen LogP contribution >= 0.6 is 24.0 Å². The molecule has 2 rings (SSSR count). The number of halogens is 2. The Labute approximate surface area is 131 Å². The summed E-state index contributed by atoms with van der Waals surface area (Å²) in [6.07, 6.45) is 0. The summed E-state index contributed by atoms with van der Waals surface area (Å²) in [5.74, 6) is 0. The summed E-state index contributed by atoms with van der Waals surface area (Å²) in [4.78, 5) is 0. The van der Waals surface area contributed by atoms with E-state index in [-0.39, 0.29) is 18.4 Å². The zero-order valence-corrected chi connectivity index (χ0v) is 13.6. The molecule has 1 fully saturated rings. The fourth-order valence-electron chi connectivity index (χ4n) is 2.24. The molecule has 1 heterocycles. The second-order valence-corrected chi connectivity index (χ2v) is 6.53. The average molecular weight is 340 g/mol. The van der Waals surface area contributed by atoms with Crippen molar-refractivity contribution < 1.29 is 8.42 Å². The van der Waals surface area contributed by atoms with Gasteiger partial charge in [0.05, 0.1) is 6.04 Å². The molecule has 0 saturated carbocycles. The predicted molar refractivity (Wildman–Crippen MR) is 83.6 cm³/mol. The highest BCUT2D eigenvalue weighted by atomic mass is 35.5. The number of hydrogen-bond donors (Lipinski definition) is 2. The van der Waals surface area contributed by atoms with E-state index >= 15 is 0 Å². The number of piperazine rings is 1. The van der Waals surface area contributed by atoms with Crippen molar-refractivity contribution in [3.05, 3.63) is 34.9 Å². The maximum Gasteiger partial charge on any atom is 0.280 e.